The smallest absolute Gasteiger partial charge is 0.315 e. The van der Waals surface area contributed by atoms with E-state index in [1.165, 1.54) is 0 Å². The van der Waals surface area contributed by atoms with Gasteiger partial charge in [-0.15, -0.1) is 0 Å². The lowest BCUT2D eigenvalue weighted by molar-refractivity contribution is 0.236. The molecule has 2 N–H and O–H groups in total. The van der Waals surface area contributed by atoms with Crippen molar-refractivity contribution in [3.63, 3.8) is 0 Å². The number of carbonyl (C=O) groups is 1. The Morgan fingerprint density at radius 2 is 1.79 bits per heavy atom. The molecule has 3 rings (SSSR count). The number of halogens is 2. The van der Waals surface area contributed by atoms with E-state index in [-0.39, 0.29) is 12.1 Å². The number of urea groups is 1. The zero-order valence-corrected chi connectivity index (χ0v) is 17.4. The molecule has 0 aliphatic heterocycles. The third-order valence-electron chi connectivity index (χ3n) is 4.77. The molecule has 2 aromatic rings. The van der Waals surface area contributed by atoms with Gasteiger partial charge in [0.05, 0.1) is 37.4 Å². The average molecular weight is 425 g/mol. The lowest BCUT2D eigenvalue weighted by Gasteiger charge is -2.17. The highest BCUT2D eigenvalue weighted by atomic mass is 35.5. The second kappa shape index (κ2) is 8.80. The first-order valence-electron chi connectivity index (χ1n) is 8.78. The van der Waals surface area contributed by atoms with Crippen LogP contribution in [0.3, 0.4) is 0 Å². The van der Waals surface area contributed by atoms with Crippen LogP contribution < -0.4 is 24.8 Å². The van der Waals surface area contributed by atoms with Crippen LogP contribution in [0.2, 0.25) is 10.0 Å². The summed E-state index contributed by atoms with van der Waals surface area (Å²) in [6.45, 7) is 0.309. The highest BCUT2D eigenvalue weighted by Gasteiger charge is 2.26. The standard InChI is InChI=1S/C20H22Cl2N2O4/c1-26-16-8-11(9-17(27-2)19(16)28-3)10-23-20(25)24-15-7-5-13-12(15)4-6-14(21)18(13)22/h4,6,8-9,15H,5,7,10H2,1-3H3,(H2,23,24,25). The Balaban J connectivity index is 1.66. The van der Waals surface area contributed by atoms with E-state index in [4.69, 9.17) is 37.4 Å². The second-order valence-corrected chi connectivity index (χ2v) is 7.17. The number of hydrogen-bond acceptors (Lipinski definition) is 4. The van der Waals surface area contributed by atoms with Gasteiger partial charge in [-0.3, -0.25) is 0 Å². The third kappa shape index (κ3) is 4.08. The number of carbonyl (C=O) groups excluding carboxylic acids is 1. The minimum Gasteiger partial charge on any atom is -0.493 e. The molecular formula is C20H22Cl2N2O4. The largest absolute Gasteiger partial charge is 0.493 e. The van der Waals surface area contributed by atoms with Gasteiger partial charge < -0.3 is 24.8 Å². The predicted molar refractivity (Wildman–Crippen MR) is 109 cm³/mol. The fourth-order valence-electron chi connectivity index (χ4n) is 3.41. The zero-order chi connectivity index (χ0) is 20.3. The minimum absolute atomic E-state index is 0.0929. The van der Waals surface area contributed by atoms with E-state index in [1.807, 2.05) is 6.07 Å². The second-order valence-electron chi connectivity index (χ2n) is 6.38. The van der Waals surface area contributed by atoms with Crippen molar-refractivity contribution in [3.8, 4) is 17.2 Å². The molecule has 1 aliphatic rings. The molecule has 0 fully saturated rings. The van der Waals surface area contributed by atoms with Crippen LogP contribution in [-0.2, 0) is 13.0 Å². The van der Waals surface area contributed by atoms with Crippen molar-refractivity contribution in [3.05, 3.63) is 51.0 Å². The first kappa shape index (κ1) is 20.4. The van der Waals surface area contributed by atoms with E-state index in [0.717, 1.165) is 29.5 Å². The zero-order valence-electron chi connectivity index (χ0n) is 15.9. The van der Waals surface area contributed by atoms with Crippen LogP contribution in [-0.4, -0.2) is 27.4 Å². The number of hydrogen-bond donors (Lipinski definition) is 2. The maximum absolute atomic E-state index is 12.4. The topological polar surface area (TPSA) is 68.8 Å². The van der Waals surface area contributed by atoms with E-state index < -0.39 is 0 Å². The van der Waals surface area contributed by atoms with Crippen LogP contribution in [0, 0.1) is 0 Å². The fourth-order valence-corrected chi connectivity index (χ4v) is 3.85. The number of nitrogens with one attached hydrogen (secondary N) is 2. The Hall–Kier alpha value is -2.31. The summed E-state index contributed by atoms with van der Waals surface area (Å²) in [5.74, 6) is 1.59. The van der Waals surface area contributed by atoms with Crippen LogP contribution in [0.25, 0.3) is 0 Å². The lowest BCUT2D eigenvalue weighted by atomic mass is 10.1. The number of amides is 2. The number of fused-ring (bicyclic) bond motifs is 1. The molecule has 1 aliphatic carbocycles. The first-order chi connectivity index (χ1) is 13.5. The molecule has 0 saturated carbocycles. The van der Waals surface area contributed by atoms with Crippen LogP contribution in [0.4, 0.5) is 4.79 Å². The SMILES string of the molecule is COc1cc(CNC(=O)NC2CCc3c2ccc(Cl)c3Cl)cc(OC)c1OC. The van der Waals surface area contributed by atoms with Crippen molar-refractivity contribution in [2.24, 2.45) is 0 Å². The summed E-state index contributed by atoms with van der Waals surface area (Å²) in [5, 5.41) is 6.96. The molecule has 0 aromatic heterocycles. The molecule has 0 radical (unpaired) electrons. The molecule has 2 amide bonds. The summed E-state index contributed by atoms with van der Waals surface area (Å²) >= 11 is 12.3. The number of benzene rings is 2. The number of ether oxygens (including phenoxy) is 3. The van der Waals surface area contributed by atoms with E-state index in [2.05, 4.69) is 10.6 Å². The predicted octanol–water partition coefficient (Wildman–Crippen LogP) is 4.51. The van der Waals surface area contributed by atoms with Gasteiger partial charge in [-0.05, 0) is 47.7 Å². The van der Waals surface area contributed by atoms with Crippen molar-refractivity contribution < 1.29 is 19.0 Å². The molecule has 6 nitrogen and oxygen atoms in total. The van der Waals surface area contributed by atoms with Gasteiger partial charge in [-0.25, -0.2) is 4.79 Å². The lowest BCUT2D eigenvalue weighted by Crippen LogP contribution is -2.36. The van der Waals surface area contributed by atoms with Crippen molar-refractivity contribution in [2.75, 3.05) is 21.3 Å². The Morgan fingerprint density at radius 3 is 2.39 bits per heavy atom. The minimum atomic E-state index is -0.266. The van der Waals surface area contributed by atoms with Gasteiger partial charge >= 0.3 is 6.03 Å². The molecule has 0 heterocycles. The van der Waals surface area contributed by atoms with Gasteiger partial charge in [-0.2, -0.15) is 0 Å². The van der Waals surface area contributed by atoms with Crippen LogP contribution in [0.5, 0.6) is 17.2 Å². The van der Waals surface area contributed by atoms with E-state index in [1.54, 1.807) is 39.5 Å². The molecule has 150 valence electrons. The Labute approximate surface area is 174 Å². The van der Waals surface area contributed by atoms with Gasteiger partial charge in [0, 0.05) is 6.54 Å². The molecule has 8 heteroatoms. The Kier molecular flexibility index (Phi) is 6.42. The van der Waals surface area contributed by atoms with Gasteiger partial charge in [0.25, 0.3) is 0 Å². The third-order valence-corrected chi connectivity index (χ3v) is 5.62. The van der Waals surface area contributed by atoms with Crippen LogP contribution in [0.1, 0.15) is 29.2 Å². The van der Waals surface area contributed by atoms with Gasteiger partial charge in [0.2, 0.25) is 5.75 Å². The van der Waals surface area contributed by atoms with Gasteiger partial charge in [0.15, 0.2) is 11.5 Å². The summed E-state index contributed by atoms with van der Waals surface area (Å²) < 4.78 is 16.0. The van der Waals surface area contributed by atoms with Crippen LogP contribution >= 0.6 is 23.2 Å². The first-order valence-corrected chi connectivity index (χ1v) is 9.54. The summed E-state index contributed by atoms with van der Waals surface area (Å²) in [6.07, 6.45) is 1.57. The summed E-state index contributed by atoms with van der Waals surface area (Å²) in [7, 11) is 4.65. The Bertz CT molecular complexity index is 864. The maximum atomic E-state index is 12.4. The van der Waals surface area contributed by atoms with Crippen LogP contribution in [0.15, 0.2) is 24.3 Å². The van der Waals surface area contributed by atoms with E-state index >= 15 is 0 Å². The normalized spacial score (nSPS) is 15.0. The van der Waals surface area contributed by atoms with Crippen molar-refractivity contribution in [1.29, 1.82) is 0 Å². The Morgan fingerprint density at radius 1 is 1.11 bits per heavy atom. The molecule has 0 spiro atoms. The summed E-state index contributed by atoms with van der Waals surface area (Å²) in [5.41, 5.74) is 2.84. The maximum Gasteiger partial charge on any atom is 0.315 e. The molecule has 0 saturated heterocycles. The molecule has 2 aromatic carbocycles. The van der Waals surface area contributed by atoms with E-state index in [9.17, 15) is 4.79 Å². The molecule has 1 atom stereocenters. The highest BCUT2D eigenvalue weighted by molar-refractivity contribution is 6.42. The van der Waals surface area contributed by atoms with Crippen molar-refractivity contribution >= 4 is 29.2 Å². The quantitative estimate of drug-likeness (QED) is 0.715. The monoisotopic (exact) mass is 424 g/mol. The summed E-state index contributed by atoms with van der Waals surface area (Å²) in [4.78, 5) is 12.4. The van der Waals surface area contributed by atoms with E-state index in [0.29, 0.717) is 33.8 Å². The molecule has 0 bridgehead atoms. The number of methoxy groups -OCH3 is 3. The van der Waals surface area contributed by atoms with Crippen molar-refractivity contribution in [1.82, 2.24) is 10.6 Å². The fraction of sp³-hybridized carbons (Fsp3) is 0.350. The van der Waals surface area contributed by atoms with Gasteiger partial charge in [0.1, 0.15) is 0 Å². The highest BCUT2D eigenvalue weighted by Crippen LogP contribution is 2.39. The van der Waals surface area contributed by atoms with Crippen molar-refractivity contribution in [2.45, 2.75) is 25.4 Å². The summed E-state index contributed by atoms with van der Waals surface area (Å²) in [6, 6.07) is 6.92. The molecule has 28 heavy (non-hydrogen) atoms. The number of rotatable bonds is 6. The van der Waals surface area contributed by atoms with Gasteiger partial charge in [-0.1, -0.05) is 29.3 Å². The molecule has 1 unspecified atom stereocenters. The molecular weight excluding hydrogens is 403 g/mol. The average Bonchev–Trinajstić information content (AvgIpc) is 3.11.